The van der Waals surface area contributed by atoms with Crippen molar-refractivity contribution < 1.29 is 0 Å². The number of para-hydroxylation sites is 3. The maximum atomic E-state index is 5.09. The minimum absolute atomic E-state index is 1.02. The van der Waals surface area contributed by atoms with Gasteiger partial charge in [-0.1, -0.05) is 97.1 Å². The normalized spacial score (nSPS) is 11.8. The van der Waals surface area contributed by atoms with Crippen LogP contribution in [-0.2, 0) is 0 Å². The Morgan fingerprint density at radius 1 is 0.429 bits per heavy atom. The highest BCUT2D eigenvalue weighted by molar-refractivity contribution is 6.16. The Labute approximate surface area is 242 Å². The first-order valence-electron chi connectivity index (χ1n) is 14.3. The zero-order valence-corrected chi connectivity index (χ0v) is 22.8. The molecule has 0 unspecified atom stereocenters. The number of aromatic nitrogens is 3. The van der Waals surface area contributed by atoms with Crippen LogP contribution in [-0.4, -0.2) is 14.1 Å². The average molecular weight is 536 g/mol. The molecule has 42 heavy (non-hydrogen) atoms. The van der Waals surface area contributed by atoms with Crippen LogP contribution in [0.5, 0.6) is 0 Å². The molecule has 0 aliphatic heterocycles. The first-order valence-corrected chi connectivity index (χ1v) is 14.3. The molecule has 0 fully saturated rings. The number of hydrogen-bond donors (Lipinski definition) is 0. The summed E-state index contributed by atoms with van der Waals surface area (Å²) < 4.78 is 4.73. The van der Waals surface area contributed by atoms with Gasteiger partial charge in [0.25, 0.3) is 0 Å². The number of hydrogen-bond acceptors (Lipinski definition) is 1. The highest BCUT2D eigenvalue weighted by Gasteiger charge is 2.18. The molecule has 0 aliphatic rings. The summed E-state index contributed by atoms with van der Waals surface area (Å²) >= 11 is 0. The third-order valence-electron chi connectivity index (χ3n) is 8.52. The summed E-state index contributed by atoms with van der Waals surface area (Å²) in [7, 11) is 0. The molecule has 196 valence electrons. The number of benzene rings is 6. The monoisotopic (exact) mass is 535 g/mol. The van der Waals surface area contributed by atoms with E-state index in [1.54, 1.807) is 0 Å². The van der Waals surface area contributed by atoms with E-state index >= 15 is 0 Å². The largest absolute Gasteiger partial charge is 0.309 e. The predicted molar refractivity (Wildman–Crippen MR) is 176 cm³/mol. The van der Waals surface area contributed by atoms with E-state index < -0.39 is 0 Å². The molecule has 0 saturated carbocycles. The average Bonchev–Trinajstić information content (AvgIpc) is 3.57. The van der Waals surface area contributed by atoms with Gasteiger partial charge >= 0.3 is 0 Å². The van der Waals surface area contributed by atoms with E-state index in [4.69, 9.17) is 4.98 Å². The van der Waals surface area contributed by atoms with Crippen LogP contribution in [0, 0.1) is 0 Å². The standard InChI is InChI=1S/C39H25N3/c1-2-13-29(14-3-1)41-35-19-9-7-16-33(35)39-37(41)24-28(25-40-39)31-17-10-20-36-38(31)32-15-6-8-18-34(32)42(36)30-22-21-26-11-4-5-12-27(26)23-30/h1-25H. The molecule has 3 heterocycles. The van der Waals surface area contributed by atoms with Crippen LogP contribution in [0.2, 0.25) is 0 Å². The lowest BCUT2D eigenvalue weighted by molar-refractivity contribution is 1.18. The molecule has 3 heteroatoms. The van der Waals surface area contributed by atoms with Gasteiger partial charge in [-0.25, -0.2) is 0 Å². The molecule has 3 aromatic heterocycles. The van der Waals surface area contributed by atoms with E-state index in [-0.39, 0.29) is 0 Å². The van der Waals surface area contributed by atoms with Gasteiger partial charge in [-0.3, -0.25) is 4.98 Å². The lowest BCUT2D eigenvalue weighted by Crippen LogP contribution is -1.94. The maximum absolute atomic E-state index is 5.09. The zero-order chi connectivity index (χ0) is 27.6. The molecule has 0 bridgehead atoms. The minimum atomic E-state index is 1.02. The van der Waals surface area contributed by atoms with Gasteiger partial charge < -0.3 is 9.13 Å². The quantitative estimate of drug-likeness (QED) is 0.221. The van der Waals surface area contributed by atoms with Gasteiger partial charge in [0, 0.05) is 39.3 Å². The van der Waals surface area contributed by atoms with Crippen molar-refractivity contribution in [3.63, 3.8) is 0 Å². The van der Waals surface area contributed by atoms with Gasteiger partial charge in [0.1, 0.15) is 0 Å². The van der Waals surface area contributed by atoms with Crippen molar-refractivity contribution in [3.8, 4) is 22.5 Å². The molecule has 9 rings (SSSR count). The molecule has 0 spiro atoms. The van der Waals surface area contributed by atoms with E-state index in [2.05, 4.69) is 155 Å². The lowest BCUT2D eigenvalue weighted by Gasteiger charge is -2.11. The van der Waals surface area contributed by atoms with Crippen LogP contribution < -0.4 is 0 Å². The first kappa shape index (κ1) is 23.1. The first-order chi connectivity index (χ1) is 20.8. The van der Waals surface area contributed by atoms with Crippen molar-refractivity contribution in [3.05, 3.63) is 152 Å². The van der Waals surface area contributed by atoms with Gasteiger partial charge in [-0.15, -0.1) is 0 Å². The minimum Gasteiger partial charge on any atom is -0.309 e. The molecule has 0 saturated heterocycles. The second kappa shape index (κ2) is 8.92. The number of fused-ring (bicyclic) bond motifs is 7. The fourth-order valence-corrected chi connectivity index (χ4v) is 6.69. The fourth-order valence-electron chi connectivity index (χ4n) is 6.69. The molecule has 0 radical (unpaired) electrons. The summed E-state index contributed by atoms with van der Waals surface area (Å²) in [5.74, 6) is 0. The third-order valence-corrected chi connectivity index (χ3v) is 8.52. The highest BCUT2D eigenvalue weighted by Crippen LogP contribution is 2.40. The van der Waals surface area contributed by atoms with E-state index in [0.717, 1.165) is 38.9 Å². The molecular formula is C39H25N3. The van der Waals surface area contributed by atoms with Crippen LogP contribution in [0.4, 0.5) is 0 Å². The number of nitrogens with zero attached hydrogens (tertiary/aromatic N) is 3. The van der Waals surface area contributed by atoms with Gasteiger partial charge in [0.15, 0.2) is 0 Å². The van der Waals surface area contributed by atoms with E-state index in [9.17, 15) is 0 Å². The lowest BCUT2D eigenvalue weighted by atomic mass is 10.0. The molecule has 6 aromatic carbocycles. The predicted octanol–water partition coefficient (Wildman–Crippen LogP) is 10.1. The summed E-state index contributed by atoms with van der Waals surface area (Å²) in [5.41, 5.74) is 10.3. The van der Waals surface area contributed by atoms with Gasteiger partial charge in [0.05, 0.1) is 27.6 Å². The molecule has 0 N–H and O–H groups in total. The molecule has 3 nitrogen and oxygen atoms in total. The summed E-state index contributed by atoms with van der Waals surface area (Å²) in [6, 6.07) is 52.1. The Hall–Kier alpha value is -5.67. The molecule has 0 atom stereocenters. The summed E-state index contributed by atoms with van der Waals surface area (Å²) in [6.45, 7) is 0. The second-order valence-corrected chi connectivity index (χ2v) is 10.9. The van der Waals surface area contributed by atoms with Gasteiger partial charge in [0.2, 0.25) is 0 Å². The van der Waals surface area contributed by atoms with Gasteiger partial charge in [-0.05, 0) is 64.9 Å². The van der Waals surface area contributed by atoms with Crippen LogP contribution >= 0.6 is 0 Å². The Morgan fingerprint density at radius 2 is 1.10 bits per heavy atom. The summed E-state index contributed by atoms with van der Waals surface area (Å²) in [5, 5.41) is 6.12. The van der Waals surface area contributed by atoms with Crippen molar-refractivity contribution in [1.29, 1.82) is 0 Å². The maximum Gasteiger partial charge on any atom is 0.0963 e. The van der Waals surface area contributed by atoms with Crippen molar-refractivity contribution in [2.75, 3.05) is 0 Å². The van der Waals surface area contributed by atoms with Crippen molar-refractivity contribution in [2.24, 2.45) is 0 Å². The molecule has 0 amide bonds. The molecular weight excluding hydrogens is 510 g/mol. The Morgan fingerprint density at radius 3 is 1.95 bits per heavy atom. The Bertz CT molecular complexity index is 2460. The van der Waals surface area contributed by atoms with E-state index in [0.29, 0.717) is 0 Å². The molecule has 9 aromatic rings. The van der Waals surface area contributed by atoms with Crippen LogP contribution in [0.15, 0.2) is 152 Å². The summed E-state index contributed by atoms with van der Waals surface area (Å²) in [4.78, 5) is 5.09. The Kier molecular flexibility index (Phi) is 4.90. The van der Waals surface area contributed by atoms with Crippen molar-refractivity contribution >= 4 is 54.5 Å². The van der Waals surface area contributed by atoms with Crippen LogP contribution in [0.1, 0.15) is 0 Å². The van der Waals surface area contributed by atoms with E-state index in [1.165, 1.54) is 38.1 Å². The Balaban J connectivity index is 1.34. The van der Waals surface area contributed by atoms with Gasteiger partial charge in [-0.2, -0.15) is 0 Å². The van der Waals surface area contributed by atoms with Crippen LogP contribution in [0.25, 0.3) is 77.0 Å². The molecule has 0 aliphatic carbocycles. The third kappa shape index (κ3) is 3.31. The van der Waals surface area contributed by atoms with Crippen molar-refractivity contribution in [2.45, 2.75) is 0 Å². The topological polar surface area (TPSA) is 22.8 Å². The number of pyridine rings is 1. The van der Waals surface area contributed by atoms with E-state index in [1.807, 2.05) is 6.20 Å². The SMILES string of the molecule is c1ccc(-n2c3ccccc3c3ncc(-c4cccc5c4c4ccccc4n5-c4ccc5ccccc5c4)cc32)cc1. The van der Waals surface area contributed by atoms with Crippen LogP contribution in [0.3, 0.4) is 0 Å². The fraction of sp³-hybridized carbons (Fsp3) is 0. The van der Waals surface area contributed by atoms with Crippen molar-refractivity contribution in [1.82, 2.24) is 14.1 Å². The second-order valence-electron chi connectivity index (χ2n) is 10.9. The smallest absolute Gasteiger partial charge is 0.0963 e. The summed E-state index contributed by atoms with van der Waals surface area (Å²) in [6.07, 6.45) is 2.04. The zero-order valence-electron chi connectivity index (χ0n) is 22.8. The number of rotatable bonds is 3. The highest BCUT2D eigenvalue weighted by atomic mass is 15.0.